The van der Waals surface area contributed by atoms with E-state index in [1.165, 1.54) is 5.69 Å². The van der Waals surface area contributed by atoms with Crippen LogP contribution >= 0.6 is 23.8 Å². The number of nitrogens with one attached hydrogen (secondary N) is 1. The maximum atomic E-state index is 10.7. The number of anilines is 2. The molecule has 3 aromatic rings. The van der Waals surface area contributed by atoms with Crippen LogP contribution in [-0.2, 0) is 4.74 Å². The molecular weight excluding hydrogens is 480 g/mol. The summed E-state index contributed by atoms with van der Waals surface area (Å²) in [6, 6.07) is 21.7. The first kappa shape index (κ1) is 23.6. The van der Waals surface area contributed by atoms with E-state index >= 15 is 0 Å². The highest BCUT2D eigenvalue weighted by molar-refractivity contribution is 7.80. The molecule has 180 valence electrons. The van der Waals surface area contributed by atoms with Crippen molar-refractivity contribution < 1.29 is 9.84 Å². The van der Waals surface area contributed by atoms with Crippen molar-refractivity contribution in [3.05, 3.63) is 88.4 Å². The van der Waals surface area contributed by atoms with Gasteiger partial charge in [0.15, 0.2) is 5.11 Å². The Bertz CT molecular complexity index is 1240. The fourth-order valence-corrected chi connectivity index (χ4v) is 4.90. The minimum Gasteiger partial charge on any atom is -0.507 e. The molecule has 5 rings (SSSR count). The van der Waals surface area contributed by atoms with E-state index in [-0.39, 0.29) is 11.8 Å². The molecular formula is C27H27ClN4O2S. The lowest BCUT2D eigenvalue weighted by molar-refractivity contribution is 0.122. The number of thiocarbonyl (C=S) groups is 1. The van der Waals surface area contributed by atoms with E-state index in [0.29, 0.717) is 22.1 Å². The molecule has 2 heterocycles. The minimum absolute atomic E-state index is 0.119. The lowest BCUT2D eigenvalue weighted by Gasteiger charge is -2.29. The molecule has 0 aliphatic carbocycles. The Hall–Kier alpha value is -3.13. The summed E-state index contributed by atoms with van der Waals surface area (Å²) in [5.74, 6) is 0.163. The van der Waals surface area contributed by atoms with E-state index in [9.17, 15) is 5.11 Å². The number of benzene rings is 3. The number of rotatable bonds is 4. The summed E-state index contributed by atoms with van der Waals surface area (Å²) in [5.41, 5.74) is 5.35. The molecule has 2 aliphatic heterocycles. The minimum atomic E-state index is -0.119. The van der Waals surface area contributed by atoms with Crippen molar-refractivity contribution in [2.45, 2.75) is 19.4 Å². The fraction of sp³-hybridized carbons (Fsp3) is 0.259. The normalized spacial score (nSPS) is 17.9. The zero-order valence-electron chi connectivity index (χ0n) is 19.4. The summed E-state index contributed by atoms with van der Waals surface area (Å²) in [4.78, 5) is 2.33. The topological polar surface area (TPSA) is 60.3 Å². The van der Waals surface area contributed by atoms with Crippen LogP contribution < -0.4 is 10.2 Å². The van der Waals surface area contributed by atoms with Crippen molar-refractivity contribution in [1.29, 1.82) is 0 Å². The van der Waals surface area contributed by atoms with Crippen molar-refractivity contribution in [3.63, 3.8) is 0 Å². The average Bonchev–Trinajstić information content (AvgIpc) is 3.33. The third-order valence-electron chi connectivity index (χ3n) is 6.39. The SMILES string of the molecule is Cc1cc(O)c(C2=NN(C(=S)Nc3ccccc3)C(c3ccc(N4CCOCC4)cc3)C2)cc1Cl. The number of hydrogen-bond acceptors (Lipinski definition) is 5. The Balaban J connectivity index is 1.45. The van der Waals surface area contributed by atoms with E-state index in [1.807, 2.05) is 42.3 Å². The van der Waals surface area contributed by atoms with Crippen LogP contribution in [0.3, 0.4) is 0 Å². The summed E-state index contributed by atoms with van der Waals surface area (Å²) < 4.78 is 5.48. The van der Waals surface area contributed by atoms with Gasteiger partial charge in [0, 0.05) is 41.5 Å². The summed E-state index contributed by atoms with van der Waals surface area (Å²) in [6.07, 6.45) is 0.584. The second-order valence-electron chi connectivity index (χ2n) is 8.72. The first-order chi connectivity index (χ1) is 17.0. The van der Waals surface area contributed by atoms with E-state index in [1.54, 1.807) is 12.1 Å². The van der Waals surface area contributed by atoms with Crippen LogP contribution in [0.25, 0.3) is 0 Å². The number of phenols is 1. The summed E-state index contributed by atoms with van der Waals surface area (Å²) in [7, 11) is 0. The van der Waals surface area contributed by atoms with Gasteiger partial charge in [-0.1, -0.05) is 41.9 Å². The molecule has 1 saturated heterocycles. The maximum Gasteiger partial charge on any atom is 0.194 e. The predicted octanol–water partition coefficient (Wildman–Crippen LogP) is 5.74. The molecule has 0 radical (unpaired) electrons. The number of aryl methyl sites for hydroxylation is 1. The van der Waals surface area contributed by atoms with Crippen molar-refractivity contribution in [2.24, 2.45) is 5.10 Å². The Kier molecular flexibility index (Phi) is 6.90. The highest BCUT2D eigenvalue weighted by Gasteiger charge is 2.33. The van der Waals surface area contributed by atoms with Crippen LogP contribution in [-0.4, -0.2) is 47.2 Å². The average molecular weight is 507 g/mol. The Morgan fingerprint density at radius 3 is 2.51 bits per heavy atom. The molecule has 0 bridgehead atoms. The van der Waals surface area contributed by atoms with Gasteiger partial charge in [-0.2, -0.15) is 5.10 Å². The molecule has 3 aromatic carbocycles. The fourth-order valence-electron chi connectivity index (χ4n) is 4.45. The first-order valence-corrected chi connectivity index (χ1v) is 12.4. The quantitative estimate of drug-likeness (QED) is 0.440. The smallest absolute Gasteiger partial charge is 0.194 e. The van der Waals surface area contributed by atoms with Gasteiger partial charge in [0.1, 0.15) is 5.75 Å². The predicted molar refractivity (Wildman–Crippen MR) is 146 cm³/mol. The van der Waals surface area contributed by atoms with E-state index < -0.39 is 0 Å². The highest BCUT2D eigenvalue weighted by Crippen LogP contribution is 2.37. The monoisotopic (exact) mass is 506 g/mol. The van der Waals surface area contributed by atoms with E-state index in [4.69, 9.17) is 33.7 Å². The van der Waals surface area contributed by atoms with Gasteiger partial charge in [0.05, 0.1) is 25.0 Å². The number of hydrogen-bond donors (Lipinski definition) is 2. The molecule has 8 heteroatoms. The number of ether oxygens (including phenoxy) is 1. The molecule has 0 saturated carbocycles. The van der Waals surface area contributed by atoms with Crippen LogP contribution in [0.5, 0.6) is 5.75 Å². The van der Waals surface area contributed by atoms with Crippen LogP contribution in [0.2, 0.25) is 5.02 Å². The Morgan fingerprint density at radius 2 is 1.80 bits per heavy atom. The van der Waals surface area contributed by atoms with Gasteiger partial charge in [-0.05, 0) is 66.7 Å². The summed E-state index contributed by atoms with van der Waals surface area (Å²) in [5, 5.41) is 21.7. The molecule has 0 aromatic heterocycles. The molecule has 1 unspecified atom stereocenters. The molecule has 6 nitrogen and oxygen atoms in total. The Morgan fingerprint density at radius 1 is 1.09 bits per heavy atom. The molecule has 35 heavy (non-hydrogen) atoms. The molecule has 0 spiro atoms. The molecule has 1 atom stereocenters. The number of morpholine rings is 1. The number of aromatic hydroxyl groups is 1. The summed E-state index contributed by atoms with van der Waals surface area (Å²) in [6.45, 7) is 5.14. The molecule has 2 N–H and O–H groups in total. The lowest BCUT2D eigenvalue weighted by atomic mass is 9.97. The molecule has 2 aliphatic rings. The van der Waals surface area contributed by atoms with Gasteiger partial charge in [-0.15, -0.1) is 0 Å². The number of nitrogens with zero attached hydrogens (tertiary/aromatic N) is 3. The van der Waals surface area contributed by atoms with Crippen LogP contribution in [0, 0.1) is 6.92 Å². The Labute approximate surface area is 215 Å². The zero-order valence-corrected chi connectivity index (χ0v) is 21.0. The molecule has 0 amide bonds. The number of phenolic OH excluding ortho intramolecular Hbond substituents is 1. The number of halogens is 1. The van der Waals surface area contributed by atoms with Crippen molar-refractivity contribution in [2.75, 3.05) is 36.5 Å². The zero-order chi connectivity index (χ0) is 24.4. The standard InChI is InChI=1S/C27H27ClN4O2S/c1-18-15-26(33)22(16-23(18)28)24-17-25(32(30-24)27(35)29-20-5-3-2-4-6-20)19-7-9-21(10-8-19)31-11-13-34-14-12-31/h2-10,15-16,25,33H,11-14,17H2,1H3,(H,29,35). The van der Waals surface area contributed by atoms with Crippen molar-refractivity contribution >= 4 is 46.0 Å². The van der Waals surface area contributed by atoms with Crippen LogP contribution in [0.15, 0.2) is 71.8 Å². The highest BCUT2D eigenvalue weighted by atomic mass is 35.5. The van der Waals surface area contributed by atoms with Gasteiger partial charge in [-0.3, -0.25) is 0 Å². The van der Waals surface area contributed by atoms with E-state index in [0.717, 1.165) is 48.8 Å². The first-order valence-electron chi connectivity index (χ1n) is 11.6. The van der Waals surface area contributed by atoms with Gasteiger partial charge >= 0.3 is 0 Å². The second-order valence-corrected chi connectivity index (χ2v) is 9.51. The third kappa shape index (κ3) is 5.12. The van der Waals surface area contributed by atoms with Crippen LogP contribution in [0.4, 0.5) is 11.4 Å². The number of para-hydroxylation sites is 1. The third-order valence-corrected chi connectivity index (χ3v) is 7.08. The van der Waals surface area contributed by atoms with Gasteiger partial charge < -0.3 is 20.1 Å². The largest absolute Gasteiger partial charge is 0.507 e. The van der Waals surface area contributed by atoms with Crippen molar-refractivity contribution in [3.8, 4) is 5.75 Å². The van der Waals surface area contributed by atoms with E-state index in [2.05, 4.69) is 34.5 Å². The van der Waals surface area contributed by atoms with Gasteiger partial charge in [0.2, 0.25) is 0 Å². The van der Waals surface area contributed by atoms with Gasteiger partial charge in [-0.25, -0.2) is 5.01 Å². The lowest BCUT2D eigenvalue weighted by Crippen LogP contribution is -2.36. The number of hydrazone groups is 1. The van der Waals surface area contributed by atoms with Crippen molar-refractivity contribution in [1.82, 2.24) is 5.01 Å². The maximum absolute atomic E-state index is 10.7. The molecule has 1 fully saturated rings. The summed E-state index contributed by atoms with van der Waals surface area (Å²) >= 11 is 12.2. The van der Waals surface area contributed by atoms with Crippen LogP contribution in [0.1, 0.15) is 29.2 Å². The van der Waals surface area contributed by atoms with Gasteiger partial charge in [0.25, 0.3) is 0 Å². The second kappa shape index (κ2) is 10.2.